The second kappa shape index (κ2) is 5.98. The molecule has 3 aromatic rings. The number of halogens is 1. The Morgan fingerprint density at radius 1 is 1.50 bits per heavy atom. The van der Waals surface area contributed by atoms with Gasteiger partial charge in [-0.05, 0) is 24.3 Å². The smallest absolute Gasteiger partial charge is 0.283 e. The third-order valence-corrected chi connectivity index (χ3v) is 3.51. The van der Waals surface area contributed by atoms with Gasteiger partial charge in [-0.2, -0.15) is 5.10 Å². The summed E-state index contributed by atoms with van der Waals surface area (Å²) in [4.78, 5) is 14.4. The van der Waals surface area contributed by atoms with Crippen LogP contribution in [0.15, 0.2) is 41.4 Å². The van der Waals surface area contributed by atoms with E-state index < -0.39 is 10.9 Å². The van der Waals surface area contributed by atoms with Crippen molar-refractivity contribution in [2.45, 2.75) is 4.90 Å². The van der Waals surface area contributed by atoms with Gasteiger partial charge in [-0.3, -0.25) is 20.2 Å². The lowest BCUT2D eigenvalue weighted by Crippen LogP contribution is -1.95. The molecule has 7 nitrogen and oxygen atoms in total. The molecule has 0 aliphatic heterocycles. The van der Waals surface area contributed by atoms with Crippen LogP contribution in [-0.4, -0.2) is 26.1 Å². The zero-order chi connectivity index (χ0) is 17.3. The van der Waals surface area contributed by atoms with Gasteiger partial charge in [0.05, 0.1) is 18.1 Å². The summed E-state index contributed by atoms with van der Waals surface area (Å²) in [6, 6.07) is 7.44. The third-order valence-electron chi connectivity index (χ3n) is 2.89. The Hall–Kier alpha value is -2.68. The number of thioether (sulfide) groups is 1. The number of hydrogen-bond acceptors (Lipinski definition) is 6. The molecule has 0 bridgehead atoms. The van der Waals surface area contributed by atoms with Crippen LogP contribution < -0.4 is 5.32 Å². The van der Waals surface area contributed by atoms with Gasteiger partial charge in [0.1, 0.15) is 11.5 Å². The monoisotopic (exact) mass is 321 g/mol. The SMILES string of the molecule is [2H]C([2H])(F)Sc1cc(Nc2n[nH]c3cccnc23)ccc1[N+](=O)[O-]. The number of rotatable bonds is 5. The van der Waals surface area contributed by atoms with Crippen LogP contribution in [0.4, 0.5) is 21.6 Å². The summed E-state index contributed by atoms with van der Waals surface area (Å²) in [5.41, 5.74) is 1.30. The minimum absolute atomic E-state index is 0.127. The summed E-state index contributed by atoms with van der Waals surface area (Å²) in [5.74, 6) is -2.73. The van der Waals surface area contributed by atoms with Gasteiger partial charge in [0, 0.05) is 18.0 Å². The van der Waals surface area contributed by atoms with Crippen molar-refractivity contribution in [1.82, 2.24) is 15.2 Å². The fourth-order valence-electron chi connectivity index (χ4n) is 1.94. The van der Waals surface area contributed by atoms with Crippen molar-refractivity contribution in [2.24, 2.45) is 0 Å². The van der Waals surface area contributed by atoms with Gasteiger partial charge >= 0.3 is 0 Å². The van der Waals surface area contributed by atoms with Crippen LogP contribution in [0.5, 0.6) is 0 Å². The molecule has 0 saturated heterocycles. The summed E-state index contributed by atoms with van der Waals surface area (Å²) < 4.78 is 27.2. The number of fused-ring (bicyclic) bond motifs is 1. The highest BCUT2D eigenvalue weighted by Gasteiger charge is 2.15. The van der Waals surface area contributed by atoms with E-state index in [1.54, 1.807) is 18.3 Å². The summed E-state index contributed by atoms with van der Waals surface area (Å²) in [6.07, 6.45) is 1.60. The summed E-state index contributed by atoms with van der Waals surface area (Å²) in [5, 5.41) is 20.8. The summed E-state index contributed by atoms with van der Waals surface area (Å²) in [6.45, 7) is 0. The van der Waals surface area contributed by atoms with Crippen molar-refractivity contribution in [3.8, 4) is 0 Å². The second-order valence-corrected chi connectivity index (χ2v) is 5.01. The van der Waals surface area contributed by atoms with Crippen LogP contribution in [0.2, 0.25) is 0 Å². The fourth-order valence-corrected chi connectivity index (χ4v) is 2.46. The predicted octanol–water partition coefficient (Wildman–Crippen LogP) is 3.63. The maximum atomic E-state index is 13.3. The maximum Gasteiger partial charge on any atom is 0.283 e. The number of alkyl halides is 1. The molecule has 0 amide bonds. The molecule has 22 heavy (non-hydrogen) atoms. The largest absolute Gasteiger partial charge is 0.337 e. The highest BCUT2D eigenvalue weighted by atomic mass is 32.2. The molecule has 9 heteroatoms. The van der Waals surface area contributed by atoms with Gasteiger partial charge in [-0.15, -0.1) is 0 Å². The summed E-state index contributed by atoms with van der Waals surface area (Å²) >= 11 is 0.127. The number of nitrogens with zero attached hydrogens (tertiary/aromatic N) is 3. The lowest BCUT2D eigenvalue weighted by atomic mass is 10.2. The molecule has 112 valence electrons. The van der Waals surface area contributed by atoms with Gasteiger partial charge in [0.15, 0.2) is 5.82 Å². The van der Waals surface area contributed by atoms with Gasteiger partial charge < -0.3 is 5.32 Å². The molecule has 2 heterocycles. The normalized spacial score (nSPS) is 12.8. The summed E-state index contributed by atoms with van der Waals surface area (Å²) in [7, 11) is 0. The first-order chi connectivity index (χ1) is 11.3. The maximum absolute atomic E-state index is 13.3. The number of H-pyrrole nitrogens is 1. The molecule has 0 fully saturated rings. The van der Waals surface area contributed by atoms with Crippen LogP contribution in [0.25, 0.3) is 11.0 Å². The van der Waals surface area contributed by atoms with E-state index in [1.807, 2.05) is 0 Å². The van der Waals surface area contributed by atoms with E-state index in [9.17, 15) is 14.5 Å². The molecule has 0 atom stereocenters. The van der Waals surface area contributed by atoms with Crippen molar-refractivity contribution in [3.05, 3.63) is 46.6 Å². The Kier molecular flexibility index (Phi) is 3.24. The minimum atomic E-state index is -3.13. The number of anilines is 2. The fraction of sp³-hybridized carbons (Fsp3) is 0.0769. The molecule has 0 spiro atoms. The van der Waals surface area contributed by atoms with Crippen LogP contribution in [-0.2, 0) is 0 Å². The van der Waals surface area contributed by atoms with E-state index in [0.29, 0.717) is 22.5 Å². The number of benzene rings is 1. The van der Waals surface area contributed by atoms with E-state index in [1.165, 1.54) is 18.2 Å². The minimum Gasteiger partial charge on any atom is -0.337 e. The first-order valence-corrected chi connectivity index (χ1v) is 6.87. The third kappa shape index (κ3) is 2.70. The van der Waals surface area contributed by atoms with Crippen LogP contribution in [0, 0.1) is 10.1 Å². The lowest BCUT2D eigenvalue weighted by Gasteiger charge is -2.06. The van der Waals surface area contributed by atoms with Crippen LogP contribution >= 0.6 is 11.8 Å². The first kappa shape index (κ1) is 11.9. The topological polar surface area (TPSA) is 96.7 Å². The molecule has 0 unspecified atom stereocenters. The molecule has 3 rings (SSSR count). The van der Waals surface area contributed by atoms with Gasteiger partial charge in [-0.25, -0.2) is 4.39 Å². The molecule has 0 aliphatic rings. The standard InChI is InChI=1S/C13H10FN5O2S/c14-7-22-11-6-8(3-4-10(11)19(20)21)16-13-12-9(17-18-13)2-1-5-15-12/h1-6H,7H2,(H2,16,17,18)/i7D2. The quantitative estimate of drug-likeness (QED) is 0.423. The molecular formula is C13H10FN5O2S. The van der Waals surface area contributed by atoms with E-state index in [2.05, 4.69) is 20.5 Å². The van der Waals surface area contributed by atoms with Crippen molar-refractivity contribution >= 4 is 40.0 Å². The number of aromatic amines is 1. The van der Waals surface area contributed by atoms with Crippen molar-refractivity contribution in [2.75, 3.05) is 11.3 Å². The Morgan fingerprint density at radius 3 is 3.14 bits per heavy atom. The predicted molar refractivity (Wildman–Crippen MR) is 82.1 cm³/mol. The number of nitrogens with one attached hydrogen (secondary N) is 2. The Bertz CT molecular complexity index is 915. The highest BCUT2D eigenvalue weighted by Crippen LogP contribution is 2.33. The Labute approximate surface area is 130 Å². The molecule has 0 radical (unpaired) electrons. The van der Waals surface area contributed by atoms with Crippen molar-refractivity contribution in [1.29, 1.82) is 0 Å². The first-order valence-electron chi connectivity index (χ1n) is 7.06. The van der Waals surface area contributed by atoms with E-state index in [4.69, 9.17) is 2.74 Å². The highest BCUT2D eigenvalue weighted by molar-refractivity contribution is 7.99. The van der Waals surface area contributed by atoms with Crippen LogP contribution in [0.1, 0.15) is 2.74 Å². The molecular weight excluding hydrogens is 309 g/mol. The van der Waals surface area contributed by atoms with E-state index >= 15 is 0 Å². The molecule has 2 N–H and O–H groups in total. The van der Waals surface area contributed by atoms with E-state index in [0.717, 1.165) is 0 Å². The molecule has 2 aromatic heterocycles. The average molecular weight is 321 g/mol. The van der Waals surface area contributed by atoms with E-state index in [-0.39, 0.29) is 22.3 Å². The van der Waals surface area contributed by atoms with Gasteiger partial charge in [0.25, 0.3) is 5.69 Å². The average Bonchev–Trinajstić information content (AvgIpc) is 2.89. The van der Waals surface area contributed by atoms with Crippen LogP contribution in [0.3, 0.4) is 0 Å². The molecule has 0 aliphatic carbocycles. The Morgan fingerprint density at radius 2 is 2.36 bits per heavy atom. The number of nitro groups is 1. The van der Waals surface area contributed by atoms with Crippen molar-refractivity contribution < 1.29 is 12.1 Å². The zero-order valence-electron chi connectivity index (χ0n) is 12.9. The number of hydrogen-bond donors (Lipinski definition) is 2. The second-order valence-electron chi connectivity index (χ2n) is 4.22. The zero-order valence-corrected chi connectivity index (χ0v) is 11.7. The van der Waals surface area contributed by atoms with Crippen molar-refractivity contribution in [3.63, 3.8) is 0 Å². The Balaban J connectivity index is 1.96. The molecule has 0 saturated carbocycles. The number of pyridine rings is 1. The number of aromatic nitrogens is 3. The van der Waals surface area contributed by atoms with Gasteiger partial charge in [-0.1, -0.05) is 11.8 Å². The molecule has 1 aromatic carbocycles. The lowest BCUT2D eigenvalue weighted by molar-refractivity contribution is -0.387. The number of nitro benzene ring substituents is 1. The van der Waals surface area contributed by atoms with Gasteiger partial charge in [0.2, 0.25) is 0 Å².